The largest absolute Gasteiger partial charge is 0.336 e. The molecule has 0 atom stereocenters. The molecule has 31 heavy (non-hydrogen) atoms. The first-order valence-corrected chi connectivity index (χ1v) is 11.7. The van der Waals surface area contributed by atoms with Gasteiger partial charge >= 0.3 is 0 Å². The van der Waals surface area contributed by atoms with Gasteiger partial charge in [-0.25, -0.2) is 8.42 Å². The van der Waals surface area contributed by atoms with Gasteiger partial charge in [-0.3, -0.25) is 9.48 Å². The topological polar surface area (TPSA) is 75.5 Å². The van der Waals surface area contributed by atoms with Gasteiger partial charge in [0, 0.05) is 32.4 Å². The van der Waals surface area contributed by atoms with Gasteiger partial charge in [0.05, 0.1) is 23.2 Å². The molecule has 2 aromatic carbocycles. The molecule has 1 saturated heterocycles. The number of amides is 1. The van der Waals surface area contributed by atoms with Crippen molar-refractivity contribution in [1.29, 1.82) is 0 Å². The van der Waals surface area contributed by atoms with Crippen LogP contribution in [0.15, 0.2) is 65.8 Å². The van der Waals surface area contributed by atoms with Crippen molar-refractivity contribution in [3.8, 4) is 0 Å². The Balaban J connectivity index is 1.40. The maximum atomic E-state index is 13.1. The Bertz CT molecular complexity index is 1180. The van der Waals surface area contributed by atoms with Crippen molar-refractivity contribution in [1.82, 2.24) is 19.0 Å². The van der Waals surface area contributed by atoms with Gasteiger partial charge < -0.3 is 4.90 Å². The standard InChI is InChI=1S/C23H26N4O3S/c1-18-8-9-22(19(2)14-18)31(29,30)27-12-10-25(11-13-27)23(28)21-15-24-26(17-21)16-20-6-4-3-5-7-20/h3-9,14-15,17H,10-13,16H2,1-2H3. The van der Waals surface area contributed by atoms with E-state index < -0.39 is 10.0 Å². The third-order valence-electron chi connectivity index (χ3n) is 5.54. The SMILES string of the molecule is Cc1ccc(S(=O)(=O)N2CCN(C(=O)c3cnn(Cc4ccccc4)c3)CC2)c(C)c1. The minimum atomic E-state index is -3.57. The second-order valence-corrected chi connectivity index (χ2v) is 9.78. The maximum absolute atomic E-state index is 13.1. The second kappa shape index (κ2) is 8.64. The fourth-order valence-corrected chi connectivity index (χ4v) is 5.50. The molecule has 1 aliphatic rings. The van der Waals surface area contributed by atoms with Crippen molar-refractivity contribution >= 4 is 15.9 Å². The summed E-state index contributed by atoms with van der Waals surface area (Å²) in [6.45, 7) is 5.61. The monoisotopic (exact) mass is 438 g/mol. The summed E-state index contributed by atoms with van der Waals surface area (Å²) < 4.78 is 29.3. The fourth-order valence-electron chi connectivity index (χ4n) is 3.87. The molecular weight excluding hydrogens is 412 g/mol. The van der Waals surface area contributed by atoms with Crippen LogP contribution in [0.5, 0.6) is 0 Å². The second-order valence-electron chi connectivity index (χ2n) is 7.88. The summed E-state index contributed by atoms with van der Waals surface area (Å²) in [6.07, 6.45) is 3.32. The Labute approximate surface area is 183 Å². The normalized spacial score (nSPS) is 15.2. The summed E-state index contributed by atoms with van der Waals surface area (Å²) >= 11 is 0. The molecule has 1 aliphatic heterocycles. The molecule has 1 amide bonds. The lowest BCUT2D eigenvalue weighted by atomic mass is 10.2. The number of carbonyl (C=O) groups excluding carboxylic acids is 1. The van der Waals surface area contributed by atoms with Crippen molar-refractivity contribution in [3.05, 3.63) is 83.2 Å². The Hall–Kier alpha value is -2.97. The molecule has 2 heterocycles. The van der Waals surface area contributed by atoms with Crippen LogP contribution >= 0.6 is 0 Å². The van der Waals surface area contributed by atoms with Crippen LogP contribution in [-0.4, -0.2) is 59.5 Å². The predicted molar refractivity (Wildman–Crippen MR) is 118 cm³/mol. The Kier molecular flexibility index (Phi) is 5.93. The van der Waals surface area contributed by atoms with Crippen LogP contribution in [0.4, 0.5) is 0 Å². The van der Waals surface area contributed by atoms with E-state index >= 15 is 0 Å². The molecule has 0 bridgehead atoms. The maximum Gasteiger partial charge on any atom is 0.257 e. The average molecular weight is 439 g/mol. The average Bonchev–Trinajstić information content (AvgIpc) is 3.22. The molecule has 1 fully saturated rings. The first-order chi connectivity index (χ1) is 14.8. The highest BCUT2D eigenvalue weighted by atomic mass is 32.2. The van der Waals surface area contributed by atoms with Crippen LogP contribution in [0, 0.1) is 13.8 Å². The molecular formula is C23H26N4O3S. The van der Waals surface area contributed by atoms with Crippen LogP contribution < -0.4 is 0 Å². The van der Waals surface area contributed by atoms with Crippen molar-refractivity contribution in [3.63, 3.8) is 0 Å². The zero-order valence-electron chi connectivity index (χ0n) is 17.7. The summed E-state index contributed by atoms with van der Waals surface area (Å²) in [4.78, 5) is 14.9. The number of sulfonamides is 1. The van der Waals surface area contributed by atoms with Crippen LogP contribution in [-0.2, 0) is 16.6 Å². The number of carbonyl (C=O) groups is 1. The molecule has 3 aromatic rings. The number of hydrogen-bond acceptors (Lipinski definition) is 4. The van der Waals surface area contributed by atoms with Crippen molar-refractivity contribution in [2.75, 3.05) is 26.2 Å². The molecule has 0 saturated carbocycles. The number of piperazine rings is 1. The molecule has 162 valence electrons. The van der Waals surface area contributed by atoms with E-state index in [0.717, 1.165) is 16.7 Å². The third kappa shape index (κ3) is 4.55. The van der Waals surface area contributed by atoms with E-state index in [0.29, 0.717) is 30.1 Å². The number of benzene rings is 2. The zero-order chi connectivity index (χ0) is 22.0. The van der Waals surface area contributed by atoms with Gasteiger partial charge in [0.1, 0.15) is 0 Å². The summed E-state index contributed by atoms with van der Waals surface area (Å²) in [5.41, 5.74) is 3.39. The molecule has 4 rings (SSSR count). The highest BCUT2D eigenvalue weighted by Gasteiger charge is 2.31. The summed E-state index contributed by atoms with van der Waals surface area (Å²) in [6, 6.07) is 15.3. The smallest absolute Gasteiger partial charge is 0.257 e. The molecule has 8 heteroatoms. The number of aromatic nitrogens is 2. The minimum Gasteiger partial charge on any atom is -0.336 e. The van der Waals surface area contributed by atoms with Gasteiger partial charge in [0.25, 0.3) is 5.91 Å². The van der Waals surface area contributed by atoms with E-state index in [1.165, 1.54) is 4.31 Å². The predicted octanol–water partition coefficient (Wildman–Crippen LogP) is 2.69. The Morgan fingerprint density at radius 2 is 1.71 bits per heavy atom. The van der Waals surface area contributed by atoms with E-state index in [9.17, 15) is 13.2 Å². The minimum absolute atomic E-state index is 0.122. The first-order valence-electron chi connectivity index (χ1n) is 10.3. The van der Waals surface area contributed by atoms with Gasteiger partial charge in [-0.1, -0.05) is 48.0 Å². The molecule has 0 radical (unpaired) electrons. The summed E-state index contributed by atoms with van der Waals surface area (Å²) in [5.74, 6) is -0.122. The molecule has 7 nitrogen and oxygen atoms in total. The third-order valence-corrected chi connectivity index (χ3v) is 7.60. The Morgan fingerprint density at radius 1 is 1.00 bits per heavy atom. The molecule has 0 N–H and O–H groups in total. The fraction of sp³-hybridized carbons (Fsp3) is 0.304. The summed E-state index contributed by atoms with van der Waals surface area (Å²) in [7, 11) is -3.57. The number of aryl methyl sites for hydroxylation is 2. The van der Waals surface area contributed by atoms with Gasteiger partial charge in [-0.05, 0) is 31.0 Å². The quantitative estimate of drug-likeness (QED) is 0.614. The van der Waals surface area contributed by atoms with Crippen LogP contribution in [0.2, 0.25) is 0 Å². The van der Waals surface area contributed by atoms with Crippen LogP contribution in [0.1, 0.15) is 27.0 Å². The zero-order valence-corrected chi connectivity index (χ0v) is 18.5. The Morgan fingerprint density at radius 3 is 2.39 bits per heavy atom. The van der Waals surface area contributed by atoms with Gasteiger partial charge in [0.15, 0.2) is 0 Å². The molecule has 0 spiro atoms. The van der Waals surface area contributed by atoms with Crippen LogP contribution in [0.25, 0.3) is 0 Å². The van der Waals surface area contributed by atoms with Gasteiger partial charge in [-0.15, -0.1) is 0 Å². The molecule has 0 aliphatic carbocycles. The lowest BCUT2D eigenvalue weighted by molar-refractivity contribution is 0.0697. The summed E-state index contributed by atoms with van der Waals surface area (Å²) in [5, 5.41) is 4.30. The van der Waals surface area contributed by atoms with Crippen LogP contribution in [0.3, 0.4) is 0 Å². The van der Waals surface area contributed by atoms with E-state index in [4.69, 9.17) is 0 Å². The number of hydrogen-bond donors (Lipinski definition) is 0. The number of nitrogens with zero attached hydrogens (tertiary/aromatic N) is 4. The van der Waals surface area contributed by atoms with E-state index in [2.05, 4.69) is 5.10 Å². The van der Waals surface area contributed by atoms with Gasteiger partial charge in [-0.2, -0.15) is 9.40 Å². The highest BCUT2D eigenvalue weighted by Crippen LogP contribution is 2.22. The lowest BCUT2D eigenvalue weighted by Crippen LogP contribution is -2.50. The van der Waals surface area contributed by atoms with Gasteiger partial charge in [0.2, 0.25) is 10.0 Å². The van der Waals surface area contributed by atoms with E-state index in [1.807, 2.05) is 56.3 Å². The van der Waals surface area contributed by atoms with Crippen molar-refractivity contribution < 1.29 is 13.2 Å². The van der Waals surface area contributed by atoms with Crippen molar-refractivity contribution in [2.45, 2.75) is 25.3 Å². The molecule has 0 unspecified atom stereocenters. The lowest BCUT2D eigenvalue weighted by Gasteiger charge is -2.34. The number of rotatable bonds is 5. The van der Waals surface area contributed by atoms with E-state index in [-0.39, 0.29) is 19.0 Å². The molecule has 1 aromatic heterocycles. The van der Waals surface area contributed by atoms with E-state index in [1.54, 1.807) is 28.0 Å². The first kappa shape index (κ1) is 21.3. The highest BCUT2D eigenvalue weighted by molar-refractivity contribution is 7.89. The van der Waals surface area contributed by atoms with Crippen molar-refractivity contribution in [2.24, 2.45) is 0 Å².